The minimum atomic E-state index is -0.734. The Kier molecular flexibility index (Phi) is 5.13. The second-order valence-corrected chi connectivity index (χ2v) is 6.65. The number of esters is 1. The first-order valence-electron chi connectivity index (χ1n) is 7.76. The van der Waals surface area contributed by atoms with Gasteiger partial charge in [-0.2, -0.15) is 0 Å². The molecule has 1 heterocycles. The molecule has 9 heteroatoms. The van der Waals surface area contributed by atoms with Crippen molar-refractivity contribution in [3.8, 4) is 0 Å². The highest BCUT2D eigenvalue weighted by Gasteiger charge is 2.20. The summed E-state index contributed by atoms with van der Waals surface area (Å²) in [6, 6.07) is 9.94. The topological polar surface area (TPSA) is 98.5 Å². The summed E-state index contributed by atoms with van der Waals surface area (Å²) in [5.41, 5.74) is 0.496. The van der Waals surface area contributed by atoms with Gasteiger partial charge in [0.1, 0.15) is 10.7 Å². The number of hydrogen-bond donors (Lipinski definition) is 1. The van der Waals surface area contributed by atoms with E-state index in [2.05, 4.69) is 5.32 Å². The first kappa shape index (κ1) is 18.5. The lowest BCUT2D eigenvalue weighted by molar-refractivity contribution is -0.384. The molecule has 0 spiro atoms. The van der Waals surface area contributed by atoms with Crippen molar-refractivity contribution in [3.05, 3.63) is 68.8 Å². The molecule has 7 nitrogen and oxygen atoms in total. The van der Waals surface area contributed by atoms with Gasteiger partial charge in [-0.3, -0.25) is 14.9 Å². The molecular weight excluding hydrogens is 375 g/mol. The van der Waals surface area contributed by atoms with Crippen molar-refractivity contribution >= 4 is 44.7 Å². The maximum atomic E-state index is 13.9. The van der Waals surface area contributed by atoms with Gasteiger partial charge in [-0.25, -0.2) is 9.18 Å². The largest absolute Gasteiger partial charge is 0.451 e. The molecule has 3 aromatic rings. The fourth-order valence-electron chi connectivity index (χ4n) is 2.54. The van der Waals surface area contributed by atoms with Gasteiger partial charge in [0.15, 0.2) is 6.61 Å². The van der Waals surface area contributed by atoms with Crippen molar-refractivity contribution in [1.82, 2.24) is 0 Å². The number of hydrogen-bond acceptors (Lipinski definition) is 6. The number of non-ortho nitro benzene ring substituents is 1. The summed E-state index contributed by atoms with van der Waals surface area (Å²) in [6.45, 7) is 1.04. The summed E-state index contributed by atoms with van der Waals surface area (Å²) in [7, 11) is 0. The molecule has 0 aliphatic carbocycles. The first-order valence-corrected chi connectivity index (χ1v) is 8.57. The molecule has 0 saturated heterocycles. The number of nitro groups is 1. The van der Waals surface area contributed by atoms with Crippen molar-refractivity contribution in [1.29, 1.82) is 0 Å². The Hall–Kier alpha value is -3.33. The minimum Gasteiger partial charge on any atom is -0.451 e. The number of nitrogens with zero attached hydrogens (tertiary/aromatic N) is 1. The van der Waals surface area contributed by atoms with Crippen LogP contribution in [0, 0.1) is 22.9 Å². The lowest BCUT2D eigenvalue weighted by Crippen LogP contribution is -2.20. The van der Waals surface area contributed by atoms with Gasteiger partial charge >= 0.3 is 5.97 Å². The van der Waals surface area contributed by atoms with Gasteiger partial charge in [0.2, 0.25) is 0 Å². The Morgan fingerprint density at radius 1 is 1.26 bits per heavy atom. The summed E-state index contributed by atoms with van der Waals surface area (Å²) < 4.78 is 19.5. The highest BCUT2D eigenvalue weighted by molar-refractivity contribution is 7.21. The van der Waals surface area contributed by atoms with E-state index in [0.717, 1.165) is 11.3 Å². The predicted octanol–water partition coefficient (Wildman–Crippen LogP) is 4.05. The second-order valence-electron chi connectivity index (χ2n) is 5.60. The standard InChI is InChI=1S/C18H13FN2O5S/c1-10-16-13(19)6-3-7-14(16)27-17(10)18(23)26-9-15(22)20-11-4-2-5-12(8-11)21(24)25/h2-8H,9H2,1H3,(H,20,22). The van der Waals surface area contributed by atoms with Crippen LogP contribution >= 0.6 is 11.3 Å². The van der Waals surface area contributed by atoms with Crippen molar-refractivity contribution in [2.75, 3.05) is 11.9 Å². The van der Waals surface area contributed by atoms with Crippen molar-refractivity contribution in [2.24, 2.45) is 0 Å². The van der Waals surface area contributed by atoms with E-state index in [-0.39, 0.29) is 16.3 Å². The highest BCUT2D eigenvalue weighted by atomic mass is 32.1. The summed E-state index contributed by atoms with van der Waals surface area (Å²) in [5, 5.41) is 13.5. The van der Waals surface area contributed by atoms with Crippen LogP contribution in [0.5, 0.6) is 0 Å². The van der Waals surface area contributed by atoms with Gasteiger partial charge < -0.3 is 10.1 Å². The first-order chi connectivity index (χ1) is 12.9. The molecule has 27 heavy (non-hydrogen) atoms. The summed E-state index contributed by atoms with van der Waals surface area (Å²) >= 11 is 1.09. The number of amides is 1. The molecular formula is C18H13FN2O5S. The summed E-state index contributed by atoms with van der Waals surface area (Å²) in [5.74, 6) is -1.81. The molecule has 2 aromatic carbocycles. The number of benzene rings is 2. The van der Waals surface area contributed by atoms with Crippen LogP contribution in [0.2, 0.25) is 0 Å². The molecule has 0 bridgehead atoms. The van der Waals surface area contributed by atoms with Crippen LogP contribution in [-0.4, -0.2) is 23.4 Å². The van der Waals surface area contributed by atoms with Gasteiger partial charge in [0, 0.05) is 27.9 Å². The van der Waals surface area contributed by atoms with E-state index >= 15 is 0 Å². The molecule has 0 fully saturated rings. The average molecular weight is 388 g/mol. The van der Waals surface area contributed by atoms with E-state index in [1.807, 2.05) is 0 Å². The highest BCUT2D eigenvalue weighted by Crippen LogP contribution is 2.33. The number of anilines is 1. The molecule has 0 unspecified atom stereocenters. The molecule has 0 atom stereocenters. The lowest BCUT2D eigenvalue weighted by Gasteiger charge is -2.06. The van der Waals surface area contributed by atoms with Crippen LogP contribution < -0.4 is 5.32 Å². The summed E-state index contributed by atoms with van der Waals surface area (Å²) in [4.78, 5) is 34.5. The van der Waals surface area contributed by atoms with Crippen molar-refractivity contribution < 1.29 is 23.6 Å². The van der Waals surface area contributed by atoms with Crippen LogP contribution in [-0.2, 0) is 9.53 Å². The number of nitrogens with one attached hydrogen (secondary N) is 1. The fourth-order valence-corrected chi connectivity index (χ4v) is 3.66. The molecule has 0 radical (unpaired) electrons. The van der Waals surface area contributed by atoms with Crippen LogP contribution in [0.15, 0.2) is 42.5 Å². The van der Waals surface area contributed by atoms with E-state index in [1.54, 1.807) is 19.1 Å². The van der Waals surface area contributed by atoms with Gasteiger partial charge in [-0.05, 0) is 30.7 Å². The maximum absolute atomic E-state index is 13.9. The Balaban J connectivity index is 1.66. The summed E-state index contributed by atoms with van der Waals surface area (Å²) in [6.07, 6.45) is 0. The fraction of sp³-hybridized carbons (Fsp3) is 0.111. The van der Waals surface area contributed by atoms with Crippen molar-refractivity contribution in [2.45, 2.75) is 6.92 Å². The van der Waals surface area contributed by atoms with E-state index < -0.39 is 29.2 Å². The number of fused-ring (bicyclic) bond motifs is 1. The van der Waals surface area contributed by atoms with E-state index in [0.29, 0.717) is 15.6 Å². The number of aryl methyl sites for hydroxylation is 1. The van der Waals surface area contributed by atoms with Gasteiger partial charge in [-0.1, -0.05) is 12.1 Å². The lowest BCUT2D eigenvalue weighted by atomic mass is 10.1. The number of carbonyl (C=O) groups excluding carboxylic acids is 2. The van der Waals surface area contributed by atoms with Crippen LogP contribution in [0.1, 0.15) is 15.2 Å². The normalized spacial score (nSPS) is 10.6. The zero-order valence-corrected chi connectivity index (χ0v) is 14.8. The number of halogens is 1. The Morgan fingerprint density at radius 3 is 2.70 bits per heavy atom. The molecule has 1 N–H and O–H groups in total. The quantitative estimate of drug-likeness (QED) is 0.404. The van der Waals surface area contributed by atoms with Gasteiger partial charge in [-0.15, -0.1) is 11.3 Å². The maximum Gasteiger partial charge on any atom is 0.349 e. The molecule has 0 aliphatic rings. The number of ether oxygens (including phenoxy) is 1. The van der Waals surface area contributed by atoms with Crippen LogP contribution in [0.25, 0.3) is 10.1 Å². The molecule has 1 amide bonds. The third-order valence-electron chi connectivity index (χ3n) is 3.76. The molecule has 0 saturated carbocycles. The monoisotopic (exact) mass is 388 g/mol. The SMILES string of the molecule is Cc1c(C(=O)OCC(=O)Nc2cccc([N+](=O)[O-])c2)sc2cccc(F)c12. The Morgan fingerprint density at radius 2 is 2.00 bits per heavy atom. The second kappa shape index (κ2) is 7.50. The van der Waals surface area contributed by atoms with Crippen molar-refractivity contribution in [3.63, 3.8) is 0 Å². The zero-order chi connectivity index (χ0) is 19.6. The minimum absolute atomic E-state index is 0.173. The third-order valence-corrected chi connectivity index (χ3v) is 5.00. The molecule has 0 aliphatic heterocycles. The van der Waals surface area contributed by atoms with Gasteiger partial charge in [0.05, 0.1) is 4.92 Å². The van der Waals surface area contributed by atoms with Crippen LogP contribution in [0.4, 0.5) is 15.8 Å². The number of carbonyl (C=O) groups is 2. The van der Waals surface area contributed by atoms with E-state index in [4.69, 9.17) is 4.74 Å². The van der Waals surface area contributed by atoms with Gasteiger partial charge in [0.25, 0.3) is 11.6 Å². The molecule has 1 aromatic heterocycles. The third kappa shape index (κ3) is 3.93. The number of thiophene rings is 1. The molecule has 138 valence electrons. The average Bonchev–Trinajstić information content (AvgIpc) is 2.98. The predicted molar refractivity (Wildman–Crippen MR) is 98.5 cm³/mol. The molecule has 3 rings (SSSR count). The van der Waals surface area contributed by atoms with E-state index in [9.17, 15) is 24.1 Å². The smallest absolute Gasteiger partial charge is 0.349 e. The van der Waals surface area contributed by atoms with Crippen LogP contribution in [0.3, 0.4) is 0 Å². The number of rotatable bonds is 5. The zero-order valence-electron chi connectivity index (χ0n) is 14.0. The van der Waals surface area contributed by atoms with E-state index in [1.165, 1.54) is 30.3 Å². The Bertz CT molecular complexity index is 1060. The Labute approximate surface area is 156 Å². The number of nitro benzene ring substituents is 1.